The number of aryl methyl sites for hydroxylation is 1. The second kappa shape index (κ2) is 8.49. The Labute approximate surface area is 175 Å². The standard InChI is InChI=1S/C25H24FN3O/c1-17-12-13-29-23(16-27-24(29)14-17)21(20-10-6-7-11-22(20)26)15-25(30)28-18(2)19-8-4-3-5-9-19/h3-14,16,18,21H,15H2,1-2H3,(H,28,30). The van der Waals surface area contributed by atoms with E-state index in [0.29, 0.717) is 5.56 Å². The molecule has 0 saturated carbocycles. The fraction of sp³-hybridized carbons (Fsp3) is 0.200. The van der Waals surface area contributed by atoms with Gasteiger partial charge in [-0.2, -0.15) is 0 Å². The van der Waals surface area contributed by atoms with Crippen molar-refractivity contribution in [3.63, 3.8) is 0 Å². The molecular weight excluding hydrogens is 377 g/mol. The summed E-state index contributed by atoms with van der Waals surface area (Å²) < 4.78 is 16.6. The Morgan fingerprint density at radius 2 is 1.83 bits per heavy atom. The molecule has 2 heterocycles. The molecule has 2 unspecified atom stereocenters. The van der Waals surface area contributed by atoms with Gasteiger partial charge in [-0.3, -0.25) is 4.79 Å². The van der Waals surface area contributed by atoms with E-state index in [1.165, 1.54) is 6.07 Å². The van der Waals surface area contributed by atoms with Crippen LogP contribution in [0.4, 0.5) is 4.39 Å². The minimum atomic E-state index is -0.452. The highest BCUT2D eigenvalue weighted by Gasteiger charge is 2.25. The Morgan fingerprint density at radius 1 is 1.10 bits per heavy atom. The van der Waals surface area contributed by atoms with Gasteiger partial charge in [0.1, 0.15) is 11.5 Å². The molecular formula is C25H24FN3O. The summed E-state index contributed by atoms with van der Waals surface area (Å²) >= 11 is 0. The molecule has 5 heteroatoms. The largest absolute Gasteiger partial charge is 0.350 e. The van der Waals surface area contributed by atoms with Crippen molar-refractivity contribution in [3.8, 4) is 0 Å². The molecule has 0 aliphatic carbocycles. The quantitative estimate of drug-likeness (QED) is 0.484. The van der Waals surface area contributed by atoms with Crippen LogP contribution in [0.2, 0.25) is 0 Å². The number of rotatable bonds is 6. The first-order chi connectivity index (χ1) is 14.5. The molecule has 30 heavy (non-hydrogen) atoms. The molecule has 1 N–H and O–H groups in total. The summed E-state index contributed by atoms with van der Waals surface area (Å²) in [5.74, 6) is -0.915. The number of nitrogens with one attached hydrogen (secondary N) is 1. The number of carbonyl (C=O) groups excluding carboxylic acids is 1. The van der Waals surface area contributed by atoms with E-state index in [4.69, 9.17) is 0 Å². The third-order valence-electron chi connectivity index (χ3n) is 5.40. The number of pyridine rings is 1. The smallest absolute Gasteiger partial charge is 0.221 e. The SMILES string of the molecule is Cc1ccn2c(C(CC(=O)NC(C)c3ccccc3)c3ccccc3F)cnc2c1. The highest BCUT2D eigenvalue weighted by molar-refractivity contribution is 5.78. The van der Waals surface area contributed by atoms with Crippen molar-refractivity contribution < 1.29 is 9.18 Å². The normalized spacial score (nSPS) is 13.2. The van der Waals surface area contributed by atoms with Gasteiger partial charge in [0, 0.05) is 24.7 Å². The third kappa shape index (κ3) is 4.10. The number of halogens is 1. The lowest BCUT2D eigenvalue weighted by atomic mass is 9.91. The van der Waals surface area contributed by atoms with Gasteiger partial charge in [-0.15, -0.1) is 0 Å². The van der Waals surface area contributed by atoms with Crippen molar-refractivity contribution in [1.82, 2.24) is 14.7 Å². The molecule has 0 spiro atoms. The molecule has 4 aromatic rings. The van der Waals surface area contributed by atoms with Gasteiger partial charge in [0.25, 0.3) is 0 Å². The molecule has 0 aliphatic rings. The average molecular weight is 401 g/mol. The number of benzene rings is 2. The van der Waals surface area contributed by atoms with Crippen LogP contribution in [0.3, 0.4) is 0 Å². The second-order valence-electron chi connectivity index (χ2n) is 7.59. The first kappa shape index (κ1) is 19.8. The second-order valence-corrected chi connectivity index (χ2v) is 7.59. The Hall–Kier alpha value is -3.47. The summed E-state index contributed by atoms with van der Waals surface area (Å²) in [5, 5.41) is 3.04. The lowest BCUT2D eigenvalue weighted by Crippen LogP contribution is -2.28. The first-order valence-corrected chi connectivity index (χ1v) is 10.1. The lowest BCUT2D eigenvalue weighted by molar-refractivity contribution is -0.122. The average Bonchev–Trinajstić information content (AvgIpc) is 3.16. The summed E-state index contributed by atoms with van der Waals surface area (Å²) in [5.41, 5.74) is 4.18. The van der Waals surface area contributed by atoms with Gasteiger partial charge in [0.15, 0.2) is 0 Å². The van der Waals surface area contributed by atoms with Crippen LogP contribution < -0.4 is 5.32 Å². The molecule has 4 rings (SSSR count). The molecule has 2 aromatic heterocycles. The van der Waals surface area contributed by atoms with Crippen LogP contribution in [-0.4, -0.2) is 15.3 Å². The van der Waals surface area contributed by atoms with Crippen LogP contribution in [0.15, 0.2) is 79.1 Å². The van der Waals surface area contributed by atoms with E-state index >= 15 is 0 Å². The zero-order valence-corrected chi connectivity index (χ0v) is 17.0. The molecule has 152 valence electrons. The van der Waals surface area contributed by atoms with E-state index in [9.17, 15) is 9.18 Å². The highest BCUT2D eigenvalue weighted by atomic mass is 19.1. The van der Waals surface area contributed by atoms with E-state index < -0.39 is 5.92 Å². The molecule has 0 bridgehead atoms. The van der Waals surface area contributed by atoms with Gasteiger partial charge in [0.2, 0.25) is 5.91 Å². The van der Waals surface area contributed by atoms with Crippen molar-refractivity contribution in [1.29, 1.82) is 0 Å². The predicted molar refractivity (Wildman–Crippen MR) is 116 cm³/mol. The van der Waals surface area contributed by atoms with Crippen molar-refractivity contribution in [2.45, 2.75) is 32.2 Å². The number of carbonyl (C=O) groups is 1. The van der Waals surface area contributed by atoms with Crippen LogP contribution in [0.25, 0.3) is 5.65 Å². The van der Waals surface area contributed by atoms with Crippen LogP contribution in [0, 0.1) is 12.7 Å². The summed E-state index contributed by atoms with van der Waals surface area (Å²) in [6.07, 6.45) is 3.78. The molecule has 4 nitrogen and oxygen atoms in total. The molecule has 0 aliphatic heterocycles. The number of imidazole rings is 1. The fourth-order valence-electron chi connectivity index (χ4n) is 3.80. The maximum absolute atomic E-state index is 14.7. The summed E-state index contributed by atoms with van der Waals surface area (Å²) in [6, 6.07) is 20.2. The molecule has 0 radical (unpaired) electrons. The number of amides is 1. The molecule has 2 aromatic carbocycles. The lowest BCUT2D eigenvalue weighted by Gasteiger charge is -2.20. The third-order valence-corrected chi connectivity index (χ3v) is 5.40. The summed E-state index contributed by atoms with van der Waals surface area (Å²) in [6.45, 7) is 3.95. The zero-order valence-electron chi connectivity index (χ0n) is 17.0. The number of nitrogens with zero attached hydrogens (tertiary/aromatic N) is 2. The first-order valence-electron chi connectivity index (χ1n) is 10.1. The fourth-order valence-corrected chi connectivity index (χ4v) is 3.80. The molecule has 2 atom stereocenters. The molecule has 0 saturated heterocycles. The van der Waals surface area contributed by atoms with E-state index in [2.05, 4.69) is 10.3 Å². The number of fused-ring (bicyclic) bond motifs is 1. The van der Waals surface area contributed by atoms with Gasteiger partial charge in [-0.25, -0.2) is 9.37 Å². The Kier molecular flexibility index (Phi) is 5.61. The van der Waals surface area contributed by atoms with Crippen molar-refractivity contribution >= 4 is 11.6 Å². The van der Waals surface area contributed by atoms with Crippen LogP contribution in [0.5, 0.6) is 0 Å². The number of hydrogen-bond acceptors (Lipinski definition) is 2. The highest BCUT2D eigenvalue weighted by Crippen LogP contribution is 2.31. The molecule has 0 fully saturated rings. The summed E-state index contributed by atoms with van der Waals surface area (Å²) in [4.78, 5) is 17.4. The Bertz CT molecular complexity index is 1170. The maximum Gasteiger partial charge on any atom is 0.221 e. The van der Waals surface area contributed by atoms with E-state index in [1.54, 1.807) is 24.4 Å². The van der Waals surface area contributed by atoms with Gasteiger partial charge in [-0.05, 0) is 48.7 Å². The topological polar surface area (TPSA) is 46.4 Å². The minimum Gasteiger partial charge on any atom is -0.350 e. The summed E-state index contributed by atoms with van der Waals surface area (Å²) in [7, 11) is 0. The van der Waals surface area contributed by atoms with E-state index in [0.717, 1.165) is 22.5 Å². The monoisotopic (exact) mass is 401 g/mol. The van der Waals surface area contributed by atoms with E-state index in [1.807, 2.05) is 66.9 Å². The van der Waals surface area contributed by atoms with Crippen LogP contribution in [0.1, 0.15) is 47.7 Å². The number of aromatic nitrogens is 2. The van der Waals surface area contributed by atoms with Gasteiger partial charge < -0.3 is 9.72 Å². The van der Waals surface area contributed by atoms with Gasteiger partial charge in [-0.1, -0.05) is 48.5 Å². The molecule has 1 amide bonds. The number of hydrogen-bond donors (Lipinski definition) is 1. The Balaban J connectivity index is 1.66. The zero-order chi connectivity index (χ0) is 21.1. The van der Waals surface area contributed by atoms with Crippen molar-refractivity contribution in [2.24, 2.45) is 0 Å². The van der Waals surface area contributed by atoms with Gasteiger partial charge in [0.05, 0.1) is 11.7 Å². The minimum absolute atomic E-state index is 0.125. The van der Waals surface area contributed by atoms with Crippen LogP contribution >= 0.6 is 0 Å². The van der Waals surface area contributed by atoms with E-state index in [-0.39, 0.29) is 24.2 Å². The maximum atomic E-state index is 14.7. The Morgan fingerprint density at radius 3 is 2.60 bits per heavy atom. The van der Waals surface area contributed by atoms with Crippen molar-refractivity contribution in [3.05, 3.63) is 107 Å². The predicted octanol–water partition coefficient (Wildman–Crippen LogP) is 5.18. The van der Waals surface area contributed by atoms with Gasteiger partial charge >= 0.3 is 0 Å². The van der Waals surface area contributed by atoms with Crippen LogP contribution in [-0.2, 0) is 4.79 Å². The van der Waals surface area contributed by atoms with Crippen molar-refractivity contribution in [2.75, 3.05) is 0 Å².